The summed E-state index contributed by atoms with van der Waals surface area (Å²) in [6.07, 6.45) is 6.26. The number of ether oxygens (including phenoxy) is 1. The number of aromatic nitrogens is 4. The van der Waals surface area contributed by atoms with Crippen LogP contribution in [-0.4, -0.2) is 54.5 Å². The van der Waals surface area contributed by atoms with E-state index in [1.165, 1.54) is 29.6 Å². The van der Waals surface area contributed by atoms with Crippen LogP contribution < -0.4 is 11.2 Å². The number of rotatable bonds is 6. The molecule has 31 heavy (non-hydrogen) atoms. The molecule has 0 spiro atoms. The van der Waals surface area contributed by atoms with Crippen LogP contribution in [0.3, 0.4) is 0 Å². The molecule has 0 aromatic carbocycles. The predicted octanol–water partition coefficient (Wildman–Crippen LogP) is -0.682. The number of nitrogens with zero attached hydrogens (tertiary/aromatic N) is 5. The van der Waals surface area contributed by atoms with Gasteiger partial charge in [-0.3, -0.25) is 33.2 Å². The topological polar surface area (TPSA) is 126 Å². The Hall–Kier alpha value is -3.50. The molecule has 1 aliphatic carbocycles. The van der Waals surface area contributed by atoms with E-state index in [0.717, 1.165) is 9.47 Å². The van der Waals surface area contributed by atoms with Crippen LogP contribution in [0.15, 0.2) is 28.1 Å². The Morgan fingerprint density at radius 3 is 2.32 bits per heavy atom. The fourth-order valence-electron chi connectivity index (χ4n) is 4.19. The molecule has 0 radical (unpaired) electrons. The minimum absolute atomic E-state index is 0.000159. The maximum atomic E-state index is 12.4. The summed E-state index contributed by atoms with van der Waals surface area (Å²) in [4.78, 5) is 66.6. The zero-order valence-electron chi connectivity index (χ0n) is 17.3. The third-order valence-corrected chi connectivity index (χ3v) is 5.95. The lowest BCUT2D eigenvalue weighted by Gasteiger charge is -2.14. The number of carbonyl (C=O) groups excluding carboxylic acids is 3. The number of hydrogen-bond acceptors (Lipinski definition) is 7. The summed E-state index contributed by atoms with van der Waals surface area (Å²) in [5, 5.41) is 0. The van der Waals surface area contributed by atoms with Gasteiger partial charge in [0.05, 0.1) is 31.1 Å². The summed E-state index contributed by atoms with van der Waals surface area (Å²) in [6, 6.07) is 0. The number of likely N-dealkylation sites (tertiary alicyclic amines) is 1. The van der Waals surface area contributed by atoms with Crippen LogP contribution in [0.1, 0.15) is 19.3 Å². The van der Waals surface area contributed by atoms with Crippen molar-refractivity contribution in [2.75, 3.05) is 13.2 Å². The molecule has 0 saturated carbocycles. The lowest BCUT2D eigenvalue weighted by molar-refractivity contribution is -0.146. The molecule has 164 valence electrons. The Morgan fingerprint density at radius 2 is 1.68 bits per heavy atom. The fraction of sp³-hybridized carbons (Fsp3) is 0.500. The average molecular weight is 429 g/mol. The summed E-state index contributed by atoms with van der Waals surface area (Å²) in [6.45, 7) is 0.153. The molecular formula is C20H23N5O6. The van der Waals surface area contributed by atoms with Crippen LogP contribution in [0.4, 0.5) is 0 Å². The molecule has 2 atom stereocenters. The number of aryl methyl sites for hydroxylation is 1. The molecule has 11 nitrogen and oxygen atoms in total. The summed E-state index contributed by atoms with van der Waals surface area (Å²) in [7, 11) is 2.91. The highest BCUT2D eigenvalue weighted by molar-refractivity contribution is 6.05. The molecular weight excluding hydrogens is 406 g/mol. The lowest BCUT2D eigenvalue weighted by Crippen LogP contribution is -2.37. The van der Waals surface area contributed by atoms with E-state index in [4.69, 9.17) is 4.74 Å². The minimum atomic E-state index is -0.543. The Bertz CT molecular complexity index is 1190. The molecule has 0 N–H and O–H groups in total. The van der Waals surface area contributed by atoms with Gasteiger partial charge in [0.25, 0.3) is 5.56 Å². The van der Waals surface area contributed by atoms with Crippen molar-refractivity contribution >= 4 is 28.9 Å². The van der Waals surface area contributed by atoms with Gasteiger partial charge >= 0.3 is 11.7 Å². The third-order valence-electron chi connectivity index (χ3n) is 5.95. The molecule has 2 aliphatic rings. The first-order chi connectivity index (χ1) is 14.8. The normalized spacial score (nSPS) is 20.5. The first-order valence-corrected chi connectivity index (χ1v) is 10.1. The Balaban J connectivity index is 1.33. The van der Waals surface area contributed by atoms with Gasteiger partial charge in [-0.15, -0.1) is 0 Å². The first-order valence-electron chi connectivity index (χ1n) is 10.1. The van der Waals surface area contributed by atoms with Crippen molar-refractivity contribution in [1.29, 1.82) is 0 Å². The van der Waals surface area contributed by atoms with E-state index >= 15 is 0 Å². The second kappa shape index (κ2) is 7.97. The summed E-state index contributed by atoms with van der Waals surface area (Å²) < 4.78 is 9.00. The summed E-state index contributed by atoms with van der Waals surface area (Å²) in [5.41, 5.74) is -0.466. The highest BCUT2D eigenvalue weighted by Crippen LogP contribution is 2.34. The number of allylic oxidation sites excluding steroid dienone is 2. The first kappa shape index (κ1) is 20.8. The SMILES string of the molecule is Cn1c(=O)c2c(ncn2CCOC(=O)CCN2C(=O)C3CC=CCC3C2=O)n(C)c1=O. The molecule has 4 rings (SSSR count). The van der Waals surface area contributed by atoms with Crippen molar-refractivity contribution in [2.24, 2.45) is 25.9 Å². The van der Waals surface area contributed by atoms with Crippen LogP contribution >= 0.6 is 0 Å². The fourth-order valence-corrected chi connectivity index (χ4v) is 4.19. The van der Waals surface area contributed by atoms with Crippen molar-refractivity contribution in [3.63, 3.8) is 0 Å². The van der Waals surface area contributed by atoms with Gasteiger partial charge in [-0.1, -0.05) is 12.2 Å². The van der Waals surface area contributed by atoms with Crippen molar-refractivity contribution in [3.8, 4) is 0 Å². The zero-order chi connectivity index (χ0) is 22.3. The van der Waals surface area contributed by atoms with Crippen molar-refractivity contribution < 1.29 is 19.1 Å². The quantitative estimate of drug-likeness (QED) is 0.338. The van der Waals surface area contributed by atoms with E-state index in [0.29, 0.717) is 12.8 Å². The van der Waals surface area contributed by atoms with E-state index < -0.39 is 17.2 Å². The Morgan fingerprint density at radius 1 is 1.03 bits per heavy atom. The second-order valence-corrected chi connectivity index (χ2v) is 7.77. The summed E-state index contributed by atoms with van der Waals surface area (Å²) in [5.74, 6) is -1.63. The van der Waals surface area contributed by atoms with Crippen LogP contribution in [0.2, 0.25) is 0 Å². The number of fused-ring (bicyclic) bond motifs is 2. The van der Waals surface area contributed by atoms with Gasteiger partial charge in [0.1, 0.15) is 6.61 Å². The maximum Gasteiger partial charge on any atom is 0.332 e. The Kier molecular flexibility index (Phi) is 5.34. The van der Waals surface area contributed by atoms with Gasteiger partial charge < -0.3 is 9.30 Å². The molecule has 0 bridgehead atoms. The molecule has 2 amide bonds. The smallest absolute Gasteiger partial charge is 0.332 e. The van der Waals surface area contributed by atoms with Gasteiger partial charge in [-0.2, -0.15) is 0 Å². The molecule has 11 heteroatoms. The van der Waals surface area contributed by atoms with E-state index in [-0.39, 0.29) is 60.9 Å². The van der Waals surface area contributed by atoms with Gasteiger partial charge in [0.15, 0.2) is 11.2 Å². The highest BCUT2D eigenvalue weighted by Gasteiger charge is 2.46. The van der Waals surface area contributed by atoms with Crippen LogP contribution in [0.5, 0.6) is 0 Å². The van der Waals surface area contributed by atoms with Crippen LogP contribution in [0, 0.1) is 11.8 Å². The van der Waals surface area contributed by atoms with Gasteiger partial charge in [-0.05, 0) is 12.8 Å². The molecule has 1 fully saturated rings. The number of hydrogen-bond donors (Lipinski definition) is 0. The van der Waals surface area contributed by atoms with E-state index in [1.54, 1.807) is 0 Å². The minimum Gasteiger partial charge on any atom is -0.464 e. The van der Waals surface area contributed by atoms with Gasteiger partial charge in [0.2, 0.25) is 11.8 Å². The average Bonchev–Trinajstić information content (AvgIpc) is 3.29. The molecule has 3 heterocycles. The number of carbonyl (C=O) groups is 3. The molecule has 2 unspecified atom stereocenters. The largest absolute Gasteiger partial charge is 0.464 e. The number of amides is 2. The third kappa shape index (κ3) is 3.49. The standard InChI is InChI=1S/C20H23N5O6/c1-22-16-15(19(29)23(2)20(22)30)24(11-21-16)9-10-31-14(26)7-8-25-17(27)12-5-3-4-6-13(12)18(25)28/h3-4,11-13H,5-10H2,1-2H3. The second-order valence-electron chi connectivity index (χ2n) is 7.77. The highest BCUT2D eigenvalue weighted by atomic mass is 16.5. The molecule has 2 aromatic heterocycles. The number of imidazole rings is 1. The number of esters is 1. The Labute approximate surface area is 176 Å². The molecule has 1 saturated heterocycles. The lowest BCUT2D eigenvalue weighted by atomic mass is 9.85. The van der Waals surface area contributed by atoms with Crippen molar-refractivity contribution in [2.45, 2.75) is 25.8 Å². The van der Waals surface area contributed by atoms with E-state index in [1.807, 2.05) is 12.2 Å². The monoisotopic (exact) mass is 429 g/mol. The van der Waals surface area contributed by atoms with Crippen molar-refractivity contribution in [3.05, 3.63) is 39.3 Å². The summed E-state index contributed by atoms with van der Waals surface area (Å²) >= 11 is 0. The van der Waals surface area contributed by atoms with E-state index in [2.05, 4.69) is 4.98 Å². The van der Waals surface area contributed by atoms with Crippen LogP contribution in [0.25, 0.3) is 11.2 Å². The van der Waals surface area contributed by atoms with Gasteiger partial charge in [0, 0.05) is 20.6 Å². The predicted molar refractivity (Wildman–Crippen MR) is 108 cm³/mol. The zero-order valence-corrected chi connectivity index (χ0v) is 17.3. The molecule has 1 aliphatic heterocycles. The van der Waals surface area contributed by atoms with Gasteiger partial charge in [-0.25, -0.2) is 9.78 Å². The van der Waals surface area contributed by atoms with Crippen LogP contribution in [-0.2, 0) is 39.8 Å². The molecule has 2 aromatic rings. The van der Waals surface area contributed by atoms with Crippen molar-refractivity contribution in [1.82, 2.24) is 23.6 Å². The maximum absolute atomic E-state index is 12.4. The van der Waals surface area contributed by atoms with E-state index in [9.17, 15) is 24.0 Å². The number of imide groups is 1.